The van der Waals surface area contributed by atoms with E-state index in [2.05, 4.69) is 0 Å². The molecule has 0 rings (SSSR count). The SMILES string of the molecule is CCCCC(=O)O[Si](OC)(OC)OC.[Li]. The van der Waals surface area contributed by atoms with Crippen molar-refractivity contribution in [3.63, 3.8) is 0 Å². The van der Waals surface area contributed by atoms with E-state index in [9.17, 15) is 4.79 Å². The van der Waals surface area contributed by atoms with Crippen LogP contribution in [0.3, 0.4) is 0 Å². The second kappa shape index (κ2) is 9.39. The maximum Gasteiger partial charge on any atom is 0.750 e. The van der Waals surface area contributed by atoms with E-state index in [0.717, 1.165) is 12.8 Å². The van der Waals surface area contributed by atoms with Crippen LogP contribution in [0.5, 0.6) is 0 Å². The summed E-state index contributed by atoms with van der Waals surface area (Å²) in [7, 11) is 1.01. The molecule has 0 aromatic carbocycles. The van der Waals surface area contributed by atoms with Gasteiger partial charge in [-0.1, -0.05) is 13.3 Å². The molecule has 0 unspecified atom stereocenters. The topological polar surface area (TPSA) is 54.0 Å². The second-order valence-electron chi connectivity index (χ2n) is 2.69. The third-order valence-corrected chi connectivity index (χ3v) is 3.70. The van der Waals surface area contributed by atoms with Gasteiger partial charge in [-0.3, -0.25) is 4.79 Å². The summed E-state index contributed by atoms with van der Waals surface area (Å²) in [6.45, 7) is 2.00. The van der Waals surface area contributed by atoms with Crippen molar-refractivity contribution in [2.24, 2.45) is 0 Å². The van der Waals surface area contributed by atoms with Gasteiger partial charge in [0.2, 0.25) is 0 Å². The molecule has 0 aromatic rings. The summed E-state index contributed by atoms with van der Waals surface area (Å²) in [6.07, 6.45) is 2.10. The number of hydrogen-bond donors (Lipinski definition) is 0. The number of carbonyl (C=O) groups is 1. The molecule has 1 radical (unpaired) electrons. The predicted molar refractivity (Wildman–Crippen MR) is 58.2 cm³/mol. The van der Waals surface area contributed by atoms with Crippen molar-refractivity contribution in [2.75, 3.05) is 21.3 Å². The van der Waals surface area contributed by atoms with Gasteiger partial charge in [0.15, 0.2) is 0 Å². The van der Waals surface area contributed by atoms with Crippen molar-refractivity contribution < 1.29 is 22.5 Å². The molecule has 0 atom stereocenters. The zero-order valence-electron chi connectivity index (χ0n) is 10.2. The zero-order valence-corrected chi connectivity index (χ0v) is 11.2. The van der Waals surface area contributed by atoms with Gasteiger partial charge < -0.3 is 17.7 Å². The van der Waals surface area contributed by atoms with E-state index in [4.69, 9.17) is 17.7 Å². The van der Waals surface area contributed by atoms with Crippen LogP contribution < -0.4 is 0 Å². The van der Waals surface area contributed by atoms with Crippen LogP contribution in [-0.2, 0) is 22.5 Å². The third-order valence-electron chi connectivity index (χ3n) is 1.72. The van der Waals surface area contributed by atoms with Gasteiger partial charge in [0.25, 0.3) is 5.97 Å². The Labute approximate surface area is 104 Å². The Hall–Kier alpha value is 0.164. The average molecular weight is 229 g/mol. The van der Waals surface area contributed by atoms with Gasteiger partial charge in [-0.25, -0.2) is 0 Å². The Balaban J connectivity index is 0. The molecule has 0 saturated heterocycles. The van der Waals surface area contributed by atoms with Crippen molar-refractivity contribution >= 4 is 33.9 Å². The molecule has 0 spiro atoms. The minimum absolute atomic E-state index is 0. The third kappa shape index (κ3) is 6.35. The van der Waals surface area contributed by atoms with Crippen LogP contribution >= 0.6 is 0 Å². The van der Waals surface area contributed by atoms with Gasteiger partial charge >= 0.3 is 9.05 Å². The quantitative estimate of drug-likeness (QED) is 0.602. The Morgan fingerprint density at radius 1 is 1.13 bits per heavy atom. The van der Waals surface area contributed by atoms with E-state index in [1.165, 1.54) is 21.3 Å². The molecular formula is C8H18LiO5Si. The fourth-order valence-corrected chi connectivity index (χ4v) is 2.02. The summed E-state index contributed by atoms with van der Waals surface area (Å²) >= 11 is 0. The molecule has 0 amide bonds. The van der Waals surface area contributed by atoms with Crippen LogP contribution in [0.1, 0.15) is 26.2 Å². The molecule has 85 valence electrons. The maximum absolute atomic E-state index is 11.3. The van der Waals surface area contributed by atoms with Crippen molar-refractivity contribution in [3.8, 4) is 0 Å². The maximum atomic E-state index is 11.3. The molecule has 0 aliphatic carbocycles. The molecule has 5 nitrogen and oxygen atoms in total. The molecule has 0 fully saturated rings. The van der Waals surface area contributed by atoms with Crippen LogP contribution in [0, 0.1) is 0 Å². The molecule has 0 aliphatic heterocycles. The largest absolute Gasteiger partial charge is 0.750 e. The monoisotopic (exact) mass is 229 g/mol. The van der Waals surface area contributed by atoms with E-state index in [1.54, 1.807) is 0 Å². The van der Waals surface area contributed by atoms with Crippen molar-refractivity contribution in [3.05, 3.63) is 0 Å². The fraction of sp³-hybridized carbons (Fsp3) is 0.875. The normalized spacial score (nSPS) is 10.7. The molecule has 0 bridgehead atoms. The summed E-state index contributed by atoms with van der Waals surface area (Å²) in [4.78, 5) is 11.3. The fourth-order valence-electron chi connectivity index (χ4n) is 0.887. The van der Waals surface area contributed by atoms with E-state index in [1.807, 2.05) is 6.92 Å². The Bertz CT molecular complexity index is 166. The minimum Gasteiger partial charge on any atom is -0.452 e. The van der Waals surface area contributed by atoms with E-state index >= 15 is 0 Å². The summed E-state index contributed by atoms with van der Waals surface area (Å²) < 4.78 is 19.8. The summed E-state index contributed by atoms with van der Waals surface area (Å²) in [6, 6.07) is 0. The molecule has 0 saturated carbocycles. The Kier molecular flexibility index (Phi) is 11.0. The molecule has 15 heavy (non-hydrogen) atoms. The molecule has 0 N–H and O–H groups in total. The van der Waals surface area contributed by atoms with Crippen LogP contribution in [0.4, 0.5) is 0 Å². The van der Waals surface area contributed by atoms with Crippen molar-refractivity contribution in [1.82, 2.24) is 0 Å². The van der Waals surface area contributed by atoms with Crippen LogP contribution in [0.25, 0.3) is 0 Å². The molecule has 7 heteroatoms. The minimum atomic E-state index is -3.18. The van der Waals surface area contributed by atoms with Gasteiger partial charge in [0.1, 0.15) is 0 Å². The Morgan fingerprint density at radius 2 is 1.60 bits per heavy atom. The van der Waals surface area contributed by atoms with Gasteiger partial charge in [-0.05, 0) is 6.42 Å². The standard InChI is InChI=1S/C8H18O5Si.Li/c1-5-6-7-8(9)13-14(10-2,11-3)12-4;/h5-7H2,1-4H3;. The first-order valence-corrected chi connectivity index (χ1v) is 6.14. The second-order valence-corrected chi connectivity index (χ2v) is 5.12. The first-order chi connectivity index (χ1) is 6.64. The van der Waals surface area contributed by atoms with Crippen LogP contribution in [0.2, 0.25) is 0 Å². The van der Waals surface area contributed by atoms with Crippen molar-refractivity contribution in [1.29, 1.82) is 0 Å². The zero-order chi connectivity index (χ0) is 11.0. The van der Waals surface area contributed by atoms with Gasteiger partial charge in [0.05, 0.1) is 0 Å². The van der Waals surface area contributed by atoms with E-state index < -0.39 is 9.05 Å². The number of unbranched alkanes of at least 4 members (excludes halogenated alkanes) is 1. The van der Waals surface area contributed by atoms with Crippen molar-refractivity contribution in [2.45, 2.75) is 26.2 Å². The van der Waals surface area contributed by atoms with E-state index in [0.29, 0.717) is 6.42 Å². The predicted octanol–water partition coefficient (Wildman–Crippen LogP) is 0.714. The first-order valence-electron chi connectivity index (χ1n) is 4.51. The summed E-state index contributed by atoms with van der Waals surface area (Å²) in [5, 5.41) is 0. The number of carbonyl (C=O) groups excluding carboxylic acids is 1. The first kappa shape index (κ1) is 17.6. The smallest absolute Gasteiger partial charge is 0.452 e. The van der Waals surface area contributed by atoms with Crippen LogP contribution in [0.15, 0.2) is 0 Å². The van der Waals surface area contributed by atoms with Gasteiger partial charge in [-0.15, -0.1) is 0 Å². The average Bonchev–Trinajstić information content (AvgIpc) is 2.23. The summed E-state index contributed by atoms with van der Waals surface area (Å²) in [5.74, 6) is -0.343. The van der Waals surface area contributed by atoms with E-state index in [-0.39, 0.29) is 24.8 Å². The molecule has 0 heterocycles. The van der Waals surface area contributed by atoms with Crippen LogP contribution in [-0.4, -0.2) is 55.2 Å². The summed E-state index contributed by atoms with van der Waals surface area (Å²) in [5.41, 5.74) is 0. The molecule has 0 aliphatic rings. The molecular weight excluding hydrogens is 211 g/mol. The Morgan fingerprint density at radius 3 is 1.93 bits per heavy atom. The molecule has 0 aromatic heterocycles. The van der Waals surface area contributed by atoms with Gasteiger partial charge in [-0.2, -0.15) is 0 Å². The number of hydrogen-bond acceptors (Lipinski definition) is 5. The number of rotatable bonds is 7. The van der Waals surface area contributed by atoms with Gasteiger partial charge in [0, 0.05) is 46.6 Å².